The molecule has 0 saturated carbocycles. The number of benzene rings is 1. The van der Waals surface area contributed by atoms with Crippen molar-refractivity contribution in [3.63, 3.8) is 0 Å². The summed E-state index contributed by atoms with van der Waals surface area (Å²) in [5.41, 5.74) is 7.82. The van der Waals surface area contributed by atoms with Gasteiger partial charge in [-0.1, -0.05) is 24.3 Å². The van der Waals surface area contributed by atoms with E-state index in [0.29, 0.717) is 25.7 Å². The van der Waals surface area contributed by atoms with E-state index in [1.807, 2.05) is 31.2 Å². The molecule has 0 aromatic heterocycles. The number of ether oxygens (including phenoxy) is 2. The number of rotatable bonds is 7. The second kappa shape index (κ2) is 10.6. The summed E-state index contributed by atoms with van der Waals surface area (Å²) in [7, 11) is 0. The van der Waals surface area contributed by atoms with Crippen molar-refractivity contribution in [2.75, 3.05) is 13.2 Å². The molecule has 0 aliphatic carbocycles. The molecule has 3 N–H and O–H groups in total. The summed E-state index contributed by atoms with van der Waals surface area (Å²) >= 11 is 0. The van der Waals surface area contributed by atoms with Crippen molar-refractivity contribution < 1.29 is 14.3 Å². The zero-order chi connectivity index (χ0) is 15.8. The summed E-state index contributed by atoms with van der Waals surface area (Å²) < 4.78 is 11.2. The molecular weight excluding hydrogens is 316 g/mol. The van der Waals surface area contributed by atoms with E-state index in [1.165, 1.54) is 0 Å². The minimum atomic E-state index is -0.107. The minimum Gasteiger partial charge on any atom is -0.381 e. The molecule has 1 aliphatic rings. The number of amides is 1. The SMILES string of the molecule is CC(N)CC(=O)NCc1ccc(COC2CCOCC2)cc1.Cl. The molecule has 1 heterocycles. The molecule has 0 spiro atoms. The third-order valence-electron chi connectivity index (χ3n) is 3.67. The maximum atomic E-state index is 11.5. The zero-order valence-electron chi connectivity index (χ0n) is 13.6. The van der Waals surface area contributed by atoms with Crippen molar-refractivity contribution in [1.82, 2.24) is 5.32 Å². The quantitative estimate of drug-likeness (QED) is 0.796. The van der Waals surface area contributed by atoms with Gasteiger partial charge in [0.2, 0.25) is 5.91 Å². The number of carbonyl (C=O) groups excluding carboxylic acids is 1. The van der Waals surface area contributed by atoms with Gasteiger partial charge in [-0.2, -0.15) is 0 Å². The van der Waals surface area contributed by atoms with Crippen molar-refractivity contribution in [3.8, 4) is 0 Å². The Morgan fingerprint density at radius 1 is 1.30 bits per heavy atom. The molecule has 1 saturated heterocycles. The molecule has 23 heavy (non-hydrogen) atoms. The van der Waals surface area contributed by atoms with Crippen LogP contribution in [0.1, 0.15) is 37.3 Å². The fraction of sp³-hybridized carbons (Fsp3) is 0.588. The van der Waals surface area contributed by atoms with E-state index in [-0.39, 0.29) is 24.4 Å². The Labute approximate surface area is 144 Å². The molecule has 5 nitrogen and oxygen atoms in total. The second-order valence-electron chi connectivity index (χ2n) is 5.90. The number of hydrogen-bond donors (Lipinski definition) is 2. The number of nitrogens with one attached hydrogen (secondary N) is 1. The van der Waals surface area contributed by atoms with Crippen LogP contribution in [-0.2, 0) is 27.4 Å². The Hall–Kier alpha value is -1.14. The smallest absolute Gasteiger partial charge is 0.221 e. The van der Waals surface area contributed by atoms with E-state index in [9.17, 15) is 4.79 Å². The number of nitrogens with two attached hydrogens (primary N) is 1. The lowest BCUT2D eigenvalue weighted by atomic mass is 10.1. The highest BCUT2D eigenvalue weighted by Crippen LogP contribution is 2.14. The Morgan fingerprint density at radius 2 is 1.91 bits per heavy atom. The molecule has 0 radical (unpaired) electrons. The molecule has 2 rings (SSSR count). The van der Waals surface area contributed by atoms with Crippen LogP contribution in [0.4, 0.5) is 0 Å². The Balaban J connectivity index is 0.00000264. The zero-order valence-corrected chi connectivity index (χ0v) is 14.4. The molecule has 1 atom stereocenters. The average Bonchev–Trinajstić information content (AvgIpc) is 2.52. The number of halogens is 1. The summed E-state index contributed by atoms with van der Waals surface area (Å²) in [5, 5.41) is 2.87. The van der Waals surface area contributed by atoms with Crippen LogP contribution in [0.2, 0.25) is 0 Å². The van der Waals surface area contributed by atoms with Crippen molar-refractivity contribution in [2.45, 2.75) is 51.5 Å². The van der Waals surface area contributed by atoms with Crippen LogP contribution in [0.15, 0.2) is 24.3 Å². The summed E-state index contributed by atoms with van der Waals surface area (Å²) in [5.74, 6) is -0.0121. The maximum Gasteiger partial charge on any atom is 0.221 e. The van der Waals surface area contributed by atoms with Crippen LogP contribution in [0.3, 0.4) is 0 Å². The molecule has 0 bridgehead atoms. The van der Waals surface area contributed by atoms with Crippen LogP contribution in [0, 0.1) is 0 Å². The van der Waals surface area contributed by atoms with Crippen molar-refractivity contribution in [1.29, 1.82) is 0 Å². The third kappa shape index (κ3) is 7.79. The second-order valence-corrected chi connectivity index (χ2v) is 5.90. The van der Waals surface area contributed by atoms with Crippen molar-refractivity contribution >= 4 is 18.3 Å². The van der Waals surface area contributed by atoms with Crippen LogP contribution < -0.4 is 11.1 Å². The lowest BCUT2D eigenvalue weighted by Crippen LogP contribution is -2.29. The largest absolute Gasteiger partial charge is 0.381 e. The Kier molecular flexibility index (Phi) is 9.17. The summed E-state index contributed by atoms with van der Waals surface area (Å²) in [6.45, 7) is 4.58. The van der Waals surface area contributed by atoms with Gasteiger partial charge in [-0.25, -0.2) is 0 Å². The molecule has 130 valence electrons. The van der Waals surface area contributed by atoms with Gasteiger partial charge in [0.05, 0.1) is 12.7 Å². The van der Waals surface area contributed by atoms with E-state index in [2.05, 4.69) is 5.32 Å². The monoisotopic (exact) mass is 342 g/mol. The van der Waals surface area contributed by atoms with E-state index < -0.39 is 0 Å². The van der Waals surface area contributed by atoms with Gasteiger partial charge in [0.15, 0.2) is 0 Å². The lowest BCUT2D eigenvalue weighted by molar-refractivity contribution is -0.121. The first-order valence-corrected chi connectivity index (χ1v) is 7.93. The first-order chi connectivity index (χ1) is 10.6. The van der Waals surface area contributed by atoms with Crippen LogP contribution >= 0.6 is 12.4 Å². The Bertz CT molecular complexity index is 459. The molecule has 1 fully saturated rings. The highest BCUT2D eigenvalue weighted by Gasteiger charge is 2.13. The molecule has 1 aliphatic heterocycles. The molecular formula is C17H27ClN2O3. The highest BCUT2D eigenvalue weighted by molar-refractivity contribution is 5.85. The van der Waals surface area contributed by atoms with Gasteiger partial charge in [0.25, 0.3) is 0 Å². The summed E-state index contributed by atoms with van der Waals surface area (Å²) in [6, 6.07) is 8.03. The average molecular weight is 343 g/mol. The highest BCUT2D eigenvalue weighted by atomic mass is 35.5. The van der Waals surface area contributed by atoms with Gasteiger partial charge in [-0.15, -0.1) is 12.4 Å². The van der Waals surface area contributed by atoms with Gasteiger partial charge in [0.1, 0.15) is 0 Å². The first-order valence-electron chi connectivity index (χ1n) is 7.93. The van der Waals surface area contributed by atoms with E-state index in [1.54, 1.807) is 0 Å². The fourth-order valence-corrected chi connectivity index (χ4v) is 2.38. The molecule has 6 heteroatoms. The number of hydrogen-bond acceptors (Lipinski definition) is 4. The molecule has 1 amide bonds. The van der Waals surface area contributed by atoms with Crippen LogP contribution in [0.25, 0.3) is 0 Å². The van der Waals surface area contributed by atoms with Crippen molar-refractivity contribution in [2.24, 2.45) is 5.73 Å². The van der Waals surface area contributed by atoms with E-state index in [4.69, 9.17) is 15.2 Å². The predicted octanol–water partition coefficient (Wildman–Crippen LogP) is 2.16. The van der Waals surface area contributed by atoms with E-state index in [0.717, 1.165) is 37.2 Å². The topological polar surface area (TPSA) is 73.6 Å². The van der Waals surface area contributed by atoms with Crippen LogP contribution in [0.5, 0.6) is 0 Å². The van der Waals surface area contributed by atoms with E-state index >= 15 is 0 Å². The van der Waals surface area contributed by atoms with Gasteiger partial charge >= 0.3 is 0 Å². The van der Waals surface area contributed by atoms with Crippen LogP contribution in [-0.4, -0.2) is 31.3 Å². The van der Waals surface area contributed by atoms with Gasteiger partial charge in [-0.05, 0) is 30.9 Å². The van der Waals surface area contributed by atoms with Gasteiger partial charge in [0, 0.05) is 32.2 Å². The minimum absolute atomic E-state index is 0. The number of carbonyl (C=O) groups is 1. The van der Waals surface area contributed by atoms with Gasteiger partial charge in [-0.3, -0.25) is 4.79 Å². The maximum absolute atomic E-state index is 11.5. The molecule has 1 unspecified atom stereocenters. The predicted molar refractivity (Wildman–Crippen MR) is 92.4 cm³/mol. The summed E-state index contributed by atoms with van der Waals surface area (Å²) in [6.07, 6.45) is 2.62. The van der Waals surface area contributed by atoms with Gasteiger partial charge < -0.3 is 20.5 Å². The third-order valence-corrected chi connectivity index (χ3v) is 3.67. The van der Waals surface area contributed by atoms with Crippen molar-refractivity contribution in [3.05, 3.63) is 35.4 Å². The normalized spacial score (nSPS) is 16.4. The summed E-state index contributed by atoms with van der Waals surface area (Å²) in [4.78, 5) is 11.5. The standard InChI is InChI=1S/C17H26N2O3.ClH/c1-13(18)10-17(20)19-11-14-2-4-15(5-3-14)12-22-16-6-8-21-9-7-16;/h2-5,13,16H,6-12,18H2,1H3,(H,19,20);1H. The lowest BCUT2D eigenvalue weighted by Gasteiger charge is -2.22. The Morgan fingerprint density at radius 3 is 2.52 bits per heavy atom. The fourth-order valence-electron chi connectivity index (χ4n) is 2.38. The molecule has 1 aromatic carbocycles. The molecule has 1 aromatic rings. The first kappa shape index (κ1) is 19.9.